The number of alkyl halides is 1. The third-order valence-electron chi connectivity index (χ3n) is 6.19. The topological polar surface area (TPSA) is 0 Å². The van der Waals surface area contributed by atoms with E-state index in [1.807, 2.05) is 12.1 Å². The molecule has 4 fully saturated rings. The van der Waals surface area contributed by atoms with Gasteiger partial charge in [0.25, 0.3) is 0 Å². The monoisotopic (exact) mass is 366 g/mol. The Morgan fingerprint density at radius 2 is 1.52 bits per heavy atom. The summed E-state index contributed by atoms with van der Waals surface area (Å²) in [5, 5.41) is 0.839. The maximum absolute atomic E-state index is 5.98. The van der Waals surface area contributed by atoms with Crippen LogP contribution in [0.25, 0.3) is 0 Å². The van der Waals surface area contributed by atoms with E-state index in [-0.39, 0.29) is 0 Å². The molecule has 1 aromatic rings. The molecule has 4 saturated carbocycles. The molecular weight excluding hydrogens is 344 g/mol. The van der Waals surface area contributed by atoms with Crippen molar-refractivity contribution >= 4 is 27.5 Å². The highest BCUT2D eigenvalue weighted by atomic mass is 79.9. The maximum atomic E-state index is 5.98. The number of hydrogen-bond acceptors (Lipinski definition) is 0. The second kappa shape index (κ2) is 5.57. The van der Waals surface area contributed by atoms with Crippen molar-refractivity contribution in [3.05, 3.63) is 34.9 Å². The van der Waals surface area contributed by atoms with Crippen molar-refractivity contribution in [2.45, 2.75) is 56.2 Å². The van der Waals surface area contributed by atoms with Gasteiger partial charge in [-0.25, -0.2) is 0 Å². The van der Waals surface area contributed by atoms with Crippen LogP contribution < -0.4 is 0 Å². The predicted molar refractivity (Wildman–Crippen MR) is 93.1 cm³/mol. The Balaban J connectivity index is 1.42. The number of halogens is 2. The van der Waals surface area contributed by atoms with Crippen molar-refractivity contribution in [1.82, 2.24) is 0 Å². The van der Waals surface area contributed by atoms with Gasteiger partial charge < -0.3 is 0 Å². The first-order valence-corrected chi connectivity index (χ1v) is 9.78. The van der Waals surface area contributed by atoms with Crippen molar-refractivity contribution < 1.29 is 0 Å². The van der Waals surface area contributed by atoms with Crippen LogP contribution >= 0.6 is 27.5 Å². The molecule has 0 aliphatic heterocycles. The fourth-order valence-corrected chi connectivity index (χ4v) is 7.14. The van der Waals surface area contributed by atoms with Gasteiger partial charge in [-0.05, 0) is 92.2 Å². The molecular formula is C19H24BrCl. The van der Waals surface area contributed by atoms with E-state index in [0.717, 1.165) is 29.2 Å². The summed E-state index contributed by atoms with van der Waals surface area (Å²) in [5.41, 5.74) is 2.08. The average molecular weight is 368 g/mol. The Kier molecular flexibility index (Phi) is 3.86. The van der Waals surface area contributed by atoms with E-state index < -0.39 is 0 Å². The van der Waals surface area contributed by atoms with Crippen molar-refractivity contribution in [3.8, 4) is 0 Å². The fraction of sp³-hybridized carbons (Fsp3) is 0.684. The normalized spacial score (nSPS) is 38.7. The lowest BCUT2D eigenvalue weighted by molar-refractivity contribution is -0.0569. The van der Waals surface area contributed by atoms with Crippen molar-refractivity contribution in [2.24, 2.45) is 23.2 Å². The quantitative estimate of drug-likeness (QED) is 0.551. The van der Waals surface area contributed by atoms with Gasteiger partial charge in [0.15, 0.2) is 0 Å². The van der Waals surface area contributed by atoms with Gasteiger partial charge in [-0.3, -0.25) is 0 Å². The molecule has 0 heterocycles. The average Bonchev–Trinajstić information content (AvgIpc) is 2.39. The highest BCUT2D eigenvalue weighted by Crippen LogP contribution is 2.62. The molecule has 5 rings (SSSR count). The van der Waals surface area contributed by atoms with Crippen molar-refractivity contribution in [2.75, 3.05) is 0 Å². The molecule has 4 aliphatic carbocycles. The second-order valence-electron chi connectivity index (χ2n) is 8.05. The van der Waals surface area contributed by atoms with E-state index >= 15 is 0 Å². The van der Waals surface area contributed by atoms with Crippen LogP contribution in [-0.4, -0.2) is 4.83 Å². The van der Waals surface area contributed by atoms with E-state index in [1.165, 1.54) is 31.2 Å². The second-order valence-corrected chi connectivity index (χ2v) is 9.78. The molecule has 0 saturated heterocycles. The Labute approximate surface area is 141 Å². The first-order chi connectivity index (χ1) is 10.1. The van der Waals surface area contributed by atoms with Gasteiger partial charge >= 0.3 is 0 Å². The fourth-order valence-electron chi connectivity index (χ4n) is 5.96. The molecule has 4 bridgehead atoms. The van der Waals surface area contributed by atoms with Gasteiger partial charge in [0.2, 0.25) is 0 Å². The molecule has 0 aromatic heterocycles. The van der Waals surface area contributed by atoms with Crippen LogP contribution in [0.3, 0.4) is 0 Å². The Hall–Kier alpha value is -0.0100. The first-order valence-electron chi connectivity index (χ1n) is 8.49. The van der Waals surface area contributed by atoms with E-state index in [0.29, 0.717) is 10.2 Å². The van der Waals surface area contributed by atoms with E-state index in [2.05, 4.69) is 28.1 Å². The van der Waals surface area contributed by atoms with Gasteiger partial charge in [0, 0.05) is 9.85 Å². The number of rotatable bonds is 4. The highest BCUT2D eigenvalue weighted by molar-refractivity contribution is 9.09. The first kappa shape index (κ1) is 14.6. The summed E-state index contributed by atoms with van der Waals surface area (Å²) in [6, 6.07) is 8.38. The predicted octanol–water partition coefficient (Wildman–Crippen LogP) is 6.25. The molecule has 1 aromatic carbocycles. The lowest BCUT2D eigenvalue weighted by atomic mass is 9.48. The summed E-state index contributed by atoms with van der Waals surface area (Å²) in [4.78, 5) is 0.620. The largest absolute Gasteiger partial charge is 0.0887 e. The third-order valence-corrected chi connectivity index (χ3v) is 7.09. The zero-order valence-corrected chi connectivity index (χ0v) is 14.9. The van der Waals surface area contributed by atoms with E-state index in [4.69, 9.17) is 11.6 Å². The Morgan fingerprint density at radius 3 is 2.05 bits per heavy atom. The summed E-state index contributed by atoms with van der Waals surface area (Å²) < 4.78 is 0. The van der Waals surface area contributed by atoms with Gasteiger partial charge in [-0.2, -0.15) is 0 Å². The highest BCUT2D eigenvalue weighted by Gasteiger charge is 2.50. The minimum atomic E-state index is 0.620. The standard InChI is InChI=1S/C19H24BrCl/c20-17(8-13-1-3-18(21)4-2-13)12-19-9-14-5-15(10-19)7-16(6-14)11-19/h1-4,14-17H,5-12H2. The Morgan fingerprint density at radius 1 is 1.00 bits per heavy atom. The van der Waals surface area contributed by atoms with Crippen LogP contribution in [0.2, 0.25) is 5.02 Å². The lowest BCUT2D eigenvalue weighted by Crippen LogP contribution is -2.47. The molecule has 0 radical (unpaired) electrons. The zero-order chi connectivity index (χ0) is 14.4. The molecule has 0 amide bonds. The molecule has 2 heteroatoms. The zero-order valence-electron chi connectivity index (χ0n) is 12.5. The summed E-state index contributed by atoms with van der Waals surface area (Å²) in [6.07, 6.45) is 11.7. The van der Waals surface area contributed by atoms with Crippen LogP contribution in [-0.2, 0) is 6.42 Å². The Bertz CT molecular complexity index is 472. The molecule has 21 heavy (non-hydrogen) atoms. The molecule has 114 valence electrons. The molecule has 0 nitrogen and oxygen atoms in total. The maximum Gasteiger partial charge on any atom is 0.0406 e. The molecule has 0 N–H and O–H groups in total. The minimum absolute atomic E-state index is 0.620. The summed E-state index contributed by atoms with van der Waals surface area (Å²) >= 11 is 9.97. The van der Waals surface area contributed by atoms with Crippen LogP contribution in [0, 0.1) is 23.2 Å². The van der Waals surface area contributed by atoms with E-state index in [9.17, 15) is 0 Å². The summed E-state index contributed by atoms with van der Waals surface area (Å²) in [5.74, 6) is 3.18. The van der Waals surface area contributed by atoms with Gasteiger partial charge in [0.1, 0.15) is 0 Å². The van der Waals surface area contributed by atoms with Crippen LogP contribution in [0.5, 0.6) is 0 Å². The third kappa shape index (κ3) is 3.06. The molecule has 1 unspecified atom stereocenters. The molecule has 4 aliphatic rings. The summed E-state index contributed by atoms with van der Waals surface area (Å²) in [6.45, 7) is 0. The van der Waals surface area contributed by atoms with Crippen molar-refractivity contribution in [3.63, 3.8) is 0 Å². The van der Waals surface area contributed by atoms with Crippen LogP contribution in [0.15, 0.2) is 24.3 Å². The van der Waals surface area contributed by atoms with Gasteiger partial charge in [-0.1, -0.05) is 39.7 Å². The van der Waals surface area contributed by atoms with Crippen LogP contribution in [0.1, 0.15) is 50.5 Å². The van der Waals surface area contributed by atoms with E-state index in [1.54, 1.807) is 19.3 Å². The van der Waals surface area contributed by atoms with Crippen LogP contribution in [0.4, 0.5) is 0 Å². The smallest absolute Gasteiger partial charge is 0.0406 e. The minimum Gasteiger partial charge on any atom is -0.0887 e. The SMILES string of the molecule is Clc1ccc(CC(Br)CC23CC4CC(CC(C4)C2)C3)cc1. The van der Waals surface area contributed by atoms with Gasteiger partial charge in [0.05, 0.1) is 0 Å². The van der Waals surface area contributed by atoms with Crippen molar-refractivity contribution in [1.29, 1.82) is 0 Å². The lowest BCUT2D eigenvalue weighted by Gasteiger charge is -2.57. The summed E-state index contributed by atoms with van der Waals surface area (Å²) in [7, 11) is 0. The number of benzene rings is 1. The number of hydrogen-bond donors (Lipinski definition) is 0. The van der Waals surface area contributed by atoms with Gasteiger partial charge in [-0.15, -0.1) is 0 Å². The molecule has 0 spiro atoms. The molecule has 1 atom stereocenters.